The number of methoxy groups -OCH3 is 1. The molecule has 1 atom stereocenters. The van der Waals surface area contributed by atoms with E-state index < -0.39 is 0 Å². The summed E-state index contributed by atoms with van der Waals surface area (Å²) in [5.41, 5.74) is 3.12. The highest BCUT2D eigenvalue weighted by Crippen LogP contribution is 2.41. The van der Waals surface area contributed by atoms with Crippen LogP contribution in [0.2, 0.25) is 0 Å². The molecular formula is C15H30N2O. The van der Waals surface area contributed by atoms with Crippen LogP contribution in [-0.4, -0.2) is 18.8 Å². The van der Waals surface area contributed by atoms with Crippen molar-refractivity contribution in [3.05, 3.63) is 0 Å². The van der Waals surface area contributed by atoms with Crippen molar-refractivity contribution in [1.29, 1.82) is 0 Å². The number of hydrogen-bond acceptors (Lipinski definition) is 3. The van der Waals surface area contributed by atoms with Crippen molar-refractivity contribution in [3.8, 4) is 0 Å². The molecule has 2 rings (SSSR count). The van der Waals surface area contributed by atoms with Crippen LogP contribution >= 0.6 is 0 Å². The molecule has 2 aliphatic rings. The lowest BCUT2D eigenvalue weighted by Gasteiger charge is -2.46. The number of nitrogens with one attached hydrogen (secondary N) is 1. The van der Waals surface area contributed by atoms with Crippen LogP contribution in [0.25, 0.3) is 0 Å². The molecule has 0 spiro atoms. The minimum absolute atomic E-state index is 0.00174. The summed E-state index contributed by atoms with van der Waals surface area (Å²) in [5, 5.41) is 0. The maximum atomic E-state index is 5.97. The lowest BCUT2D eigenvalue weighted by molar-refractivity contribution is -0.0864. The van der Waals surface area contributed by atoms with Crippen LogP contribution in [0.3, 0.4) is 0 Å². The fraction of sp³-hybridized carbons (Fsp3) is 1.00. The van der Waals surface area contributed by atoms with E-state index in [-0.39, 0.29) is 5.60 Å². The molecule has 0 aliphatic heterocycles. The third kappa shape index (κ3) is 2.89. The van der Waals surface area contributed by atoms with Crippen molar-refractivity contribution in [3.63, 3.8) is 0 Å². The minimum Gasteiger partial charge on any atom is -0.377 e. The molecular weight excluding hydrogens is 224 g/mol. The number of ether oxygens (including phenoxy) is 1. The second-order valence-electron chi connectivity index (χ2n) is 6.49. The number of nitrogens with two attached hydrogens (primary N) is 1. The van der Waals surface area contributed by atoms with Gasteiger partial charge in [-0.25, -0.2) is 0 Å². The zero-order chi connectivity index (χ0) is 13.0. The molecule has 3 nitrogen and oxygen atoms in total. The normalized spacial score (nSPS) is 34.2. The molecule has 0 saturated heterocycles. The van der Waals surface area contributed by atoms with E-state index in [1.807, 2.05) is 7.11 Å². The Balaban J connectivity index is 2.05. The molecule has 0 amide bonds. The first kappa shape index (κ1) is 14.3. The van der Waals surface area contributed by atoms with Gasteiger partial charge in [-0.3, -0.25) is 11.3 Å². The summed E-state index contributed by atoms with van der Waals surface area (Å²) in [7, 11) is 1.88. The summed E-state index contributed by atoms with van der Waals surface area (Å²) >= 11 is 0. The van der Waals surface area contributed by atoms with E-state index in [2.05, 4.69) is 12.3 Å². The van der Waals surface area contributed by atoms with Gasteiger partial charge < -0.3 is 4.74 Å². The van der Waals surface area contributed by atoms with Crippen molar-refractivity contribution in [2.45, 2.75) is 76.4 Å². The maximum Gasteiger partial charge on any atom is 0.0847 e. The summed E-state index contributed by atoms with van der Waals surface area (Å²) in [6, 6.07) is 0.343. The quantitative estimate of drug-likeness (QED) is 0.599. The van der Waals surface area contributed by atoms with Gasteiger partial charge in [-0.2, -0.15) is 0 Å². The van der Waals surface area contributed by atoms with Gasteiger partial charge in [0.15, 0.2) is 0 Å². The number of hydrazine groups is 1. The van der Waals surface area contributed by atoms with Gasteiger partial charge in [-0.05, 0) is 37.5 Å². The molecule has 2 saturated carbocycles. The first-order chi connectivity index (χ1) is 8.72. The van der Waals surface area contributed by atoms with E-state index in [9.17, 15) is 0 Å². The Hall–Kier alpha value is -0.120. The second-order valence-corrected chi connectivity index (χ2v) is 6.49. The van der Waals surface area contributed by atoms with Gasteiger partial charge in [0.05, 0.1) is 11.6 Å². The standard InChI is InChI=1S/C15H30N2O/c1-12-6-8-13(9-7-12)14(17-16)15(18-2)10-4-3-5-11-15/h12-14,17H,3-11,16H2,1-2H3. The molecule has 0 bridgehead atoms. The van der Waals surface area contributed by atoms with Crippen LogP contribution in [0.15, 0.2) is 0 Å². The van der Waals surface area contributed by atoms with Crippen LogP contribution in [0, 0.1) is 11.8 Å². The predicted molar refractivity (Wildman–Crippen MR) is 75.1 cm³/mol. The summed E-state index contributed by atoms with van der Waals surface area (Å²) in [4.78, 5) is 0. The van der Waals surface area contributed by atoms with Crippen molar-refractivity contribution in [2.75, 3.05) is 7.11 Å². The third-order valence-electron chi connectivity index (χ3n) is 5.38. The molecule has 0 aromatic heterocycles. The highest BCUT2D eigenvalue weighted by atomic mass is 16.5. The van der Waals surface area contributed by atoms with Crippen molar-refractivity contribution >= 4 is 0 Å². The Bertz CT molecular complexity index is 243. The summed E-state index contributed by atoms with van der Waals surface area (Å²) in [6.45, 7) is 2.37. The van der Waals surface area contributed by atoms with Crippen LogP contribution in [-0.2, 0) is 4.74 Å². The molecule has 3 heteroatoms. The molecule has 1 unspecified atom stereocenters. The van der Waals surface area contributed by atoms with Gasteiger partial charge in [-0.15, -0.1) is 0 Å². The molecule has 18 heavy (non-hydrogen) atoms. The summed E-state index contributed by atoms with van der Waals surface area (Å²) in [5.74, 6) is 7.49. The molecule has 106 valence electrons. The van der Waals surface area contributed by atoms with Gasteiger partial charge in [-0.1, -0.05) is 39.0 Å². The fourth-order valence-electron chi connectivity index (χ4n) is 4.13. The molecule has 0 aromatic carbocycles. The molecule has 2 aliphatic carbocycles. The zero-order valence-electron chi connectivity index (χ0n) is 12.1. The van der Waals surface area contributed by atoms with E-state index in [1.54, 1.807) is 0 Å². The second kappa shape index (κ2) is 6.36. The third-order valence-corrected chi connectivity index (χ3v) is 5.38. The zero-order valence-corrected chi connectivity index (χ0v) is 12.1. The Morgan fingerprint density at radius 2 is 1.72 bits per heavy atom. The fourth-order valence-corrected chi connectivity index (χ4v) is 4.13. The van der Waals surface area contributed by atoms with Crippen molar-refractivity contribution in [1.82, 2.24) is 5.43 Å². The van der Waals surface area contributed by atoms with E-state index >= 15 is 0 Å². The maximum absolute atomic E-state index is 5.97. The Morgan fingerprint density at radius 1 is 1.11 bits per heavy atom. The van der Waals surface area contributed by atoms with E-state index in [1.165, 1.54) is 57.8 Å². The van der Waals surface area contributed by atoms with Gasteiger partial charge >= 0.3 is 0 Å². The molecule has 0 heterocycles. The minimum atomic E-state index is -0.00174. The average molecular weight is 254 g/mol. The van der Waals surface area contributed by atoms with Gasteiger partial charge in [0.1, 0.15) is 0 Å². The highest BCUT2D eigenvalue weighted by molar-refractivity contribution is 4.98. The van der Waals surface area contributed by atoms with Crippen LogP contribution in [0.4, 0.5) is 0 Å². The molecule has 3 N–H and O–H groups in total. The van der Waals surface area contributed by atoms with Gasteiger partial charge in [0, 0.05) is 7.11 Å². The Morgan fingerprint density at radius 3 is 2.22 bits per heavy atom. The highest BCUT2D eigenvalue weighted by Gasteiger charge is 2.43. The summed E-state index contributed by atoms with van der Waals surface area (Å²) < 4.78 is 5.97. The van der Waals surface area contributed by atoms with E-state index in [0.29, 0.717) is 12.0 Å². The monoisotopic (exact) mass is 254 g/mol. The van der Waals surface area contributed by atoms with E-state index in [4.69, 9.17) is 10.6 Å². The number of hydrogen-bond donors (Lipinski definition) is 2. The lowest BCUT2D eigenvalue weighted by Crippen LogP contribution is -2.59. The SMILES string of the molecule is COC1(C(NN)C2CCC(C)CC2)CCCCC1. The van der Waals surface area contributed by atoms with Crippen molar-refractivity contribution < 1.29 is 4.74 Å². The van der Waals surface area contributed by atoms with Crippen LogP contribution in [0.1, 0.15) is 64.7 Å². The first-order valence-corrected chi connectivity index (χ1v) is 7.73. The van der Waals surface area contributed by atoms with Crippen molar-refractivity contribution in [2.24, 2.45) is 17.7 Å². The molecule has 2 fully saturated rings. The lowest BCUT2D eigenvalue weighted by atomic mass is 9.69. The smallest absolute Gasteiger partial charge is 0.0847 e. The Labute approximate surface area is 112 Å². The van der Waals surface area contributed by atoms with Gasteiger partial charge in [0.25, 0.3) is 0 Å². The molecule has 0 aromatic rings. The van der Waals surface area contributed by atoms with Crippen LogP contribution in [0.5, 0.6) is 0 Å². The van der Waals surface area contributed by atoms with Gasteiger partial charge in [0.2, 0.25) is 0 Å². The van der Waals surface area contributed by atoms with Crippen LogP contribution < -0.4 is 11.3 Å². The Kier molecular flexibility index (Phi) is 5.05. The largest absolute Gasteiger partial charge is 0.377 e. The van der Waals surface area contributed by atoms with E-state index in [0.717, 1.165) is 5.92 Å². The average Bonchev–Trinajstić information content (AvgIpc) is 2.43. The summed E-state index contributed by atoms with van der Waals surface area (Å²) in [6.07, 6.45) is 11.6. The molecule has 0 radical (unpaired) electrons. The number of rotatable bonds is 4. The first-order valence-electron chi connectivity index (χ1n) is 7.73. The topological polar surface area (TPSA) is 47.3 Å². The predicted octanol–water partition coefficient (Wildman–Crippen LogP) is 2.99.